The van der Waals surface area contributed by atoms with Gasteiger partial charge < -0.3 is 0 Å². The summed E-state index contributed by atoms with van der Waals surface area (Å²) in [5.74, 6) is 0. The van der Waals surface area contributed by atoms with Crippen LogP contribution in [0.1, 0.15) is 20.3 Å². The third-order valence-electron chi connectivity index (χ3n) is 1.74. The standard InChI is InChI=1S/C6H16N4/c1-3-6-5-7-10(4-2)9-8-6/h6-9H,3-5H2,1-2H3. The first-order valence-corrected chi connectivity index (χ1v) is 3.89. The highest BCUT2D eigenvalue weighted by molar-refractivity contribution is 4.66. The van der Waals surface area contributed by atoms with Crippen molar-refractivity contribution < 1.29 is 0 Å². The van der Waals surface area contributed by atoms with E-state index in [4.69, 9.17) is 0 Å². The Labute approximate surface area is 61.9 Å². The van der Waals surface area contributed by atoms with Crippen molar-refractivity contribution >= 4 is 0 Å². The predicted molar refractivity (Wildman–Crippen MR) is 40.7 cm³/mol. The van der Waals surface area contributed by atoms with Crippen LogP contribution in [0.15, 0.2) is 0 Å². The summed E-state index contributed by atoms with van der Waals surface area (Å²) in [6.07, 6.45) is 1.15. The third kappa shape index (κ3) is 1.91. The summed E-state index contributed by atoms with van der Waals surface area (Å²) in [4.78, 5) is 0. The second kappa shape index (κ2) is 3.88. The lowest BCUT2D eigenvalue weighted by Crippen LogP contribution is -2.65. The predicted octanol–water partition coefficient (Wildman–Crippen LogP) is -0.386. The zero-order chi connectivity index (χ0) is 7.40. The molecule has 1 fully saturated rings. The summed E-state index contributed by atoms with van der Waals surface area (Å²) in [5.41, 5.74) is 9.45. The van der Waals surface area contributed by atoms with Crippen LogP contribution < -0.4 is 16.4 Å². The minimum atomic E-state index is 0.558. The molecule has 1 aliphatic rings. The number of hydrazine groups is 3. The van der Waals surface area contributed by atoms with Gasteiger partial charge in [0.05, 0.1) is 0 Å². The molecule has 0 amide bonds. The first-order chi connectivity index (χ1) is 4.86. The Bertz CT molecular complexity index is 75.7. The van der Waals surface area contributed by atoms with Gasteiger partial charge >= 0.3 is 0 Å². The van der Waals surface area contributed by atoms with Crippen molar-refractivity contribution in [1.82, 2.24) is 21.5 Å². The Morgan fingerprint density at radius 2 is 2.30 bits per heavy atom. The Morgan fingerprint density at radius 3 is 2.70 bits per heavy atom. The molecule has 1 rings (SSSR count). The molecule has 0 radical (unpaired) electrons. The lowest BCUT2D eigenvalue weighted by Gasteiger charge is -2.33. The van der Waals surface area contributed by atoms with Crippen LogP contribution in [0.3, 0.4) is 0 Å². The minimum Gasteiger partial charge on any atom is -0.239 e. The molecule has 0 aromatic rings. The van der Waals surface area contributed by atoms with Gasteiger partial charge in [-0.2, -0.15) is 10.7 Å². The zero-order valence-electron chi connectivity index (χ0n) is 6.65. The molecule has 1 aliphatic heterocycles. The molecule has 0 saturated carbocycles. The molecule has 0 aromatic heterocycles. The Kier molecular flexibility index (Phi) is 3.08. The molecule has 0 bridgehead atoms. The molecule has 3 N–H and O–H groups in total. The second-order valence-electron chi connectivity index (χ2n) is 2.47. The smallest absolute Gasteiger partial charge is 0.0363 e. The number of rotatable bonds is 2. The molecule has 1 atom stereocenters. The van der Waals surface area contributed by atoms with Gasteiger partial charge in [0, 0.05) is 19.1 Å². The van der Waals surface area contributed by atoms with Crippen molar-refractivity contribution in [1.29, 1.82) is 0 Å². The third-order valence-corrected chi connectivity index (χ3v) is 1.74. The Balaban J connectivity index is 2.17. The first kappa shape index (κ1) is 7.94. The SMILES string of the molecule is CCC1CNN(CC)NN1. The second-order valence-corrected chi connectivity index (χ2v) is 2.47. The van der Waals surface area contributed by atoms with Crippen LogP contribution in [-0.4, -0.2) is 24.2 Å². The maximum atomic E-state index is 3.23. The molecule has 60 valence electrons. The summed E-state index contributed by atoms with van der Waals surface area (Å²) >= 11 is 0. The van der Waals surface area contributed by atoms with E-state index in [9.17, 15) is 0 Å². The van der Waals surface area contributed by atoms with Crippen LogP contribution in [0.4, 0.5) is 0 Å². The van der Waals surface area contributed by atoms with Crippen LogP contribution in [0.2, 0.25) is 0 Å². The van der Waals surface area contributed by atoms with Gasteiger partial charge in [-0.25, -0.2) is 10.9 Å². The van der Waals surface area contributed by atoms with Gasteiger partial charge in [-0.15, -0.1) is 0 Å². The fourth-order valence-corrected chi connectivity index (χ4v) is 0.917. The quantitative estimate of drug-likeness (QED) is 0.494. The fraction of sp³-hybridized carbons (Fsp3) is 1.00. The van der Waals surface area contributed by atoms with Gasteiger partial charge in [0.25, 0.3) is 0 Å². The van der Waals surface area contributed by atoms with Gasteiger partial charge in [0.1, 0.15) is 0 Å². The lowest BCUT2D eigenvalue weighted by molar-refractivity contribution is 0.0376. The van der Waals surface area contributed by atoms with Gasteiger partial charge in [-0.1, -0.05) is 6.92 Å². The summed E-state index contributed by atoms with van der Waals surface area (Å²) < 4.78 is 0. The number of nitrogens with zero attached hydrogens (tertiary/aromatic N) is 1. The van der Waals surface area contributed by atoms with E-state index >= 15 is 0 Å². The first-order valence-electron chi connectivity index (χ1n) is 3.89. The summed E-state index contributed by atoms with van der Waals surface area (Å²) in [6.45, 7) is 6.23. The fourth-order valence-electron chi connectivity index (χ4n) is 0.917. The van der Waals surface area contributed by atoms with Crippen molar-refractivity contribution in [3.63, 3.8) is 0 Å². The molecule has 0 aliphatic carbocycles. The van der Waals surface area contributed by atoms with Crippen molar-refractivity contribution in [2.24, 2.45) is 0 Å². The van der Waals surface area contributed by atoms with Crippen molar-refractivity contribution in [3.05, 3.63) is 0 Å². The van der Waals surface area contributed by atoms with Gasteiger partial charge in [0.2, 0.25) is 0 Å². The molecule has 10 heavy (non-hydrogen) atoms. The highest BCUT2D eigenvalue weighted by atomic mass is 15.8. The van der Waals surface area contributed by atoms with Crippen molar-refractivity contribution in [2.45, 2.75) is 26.3 Å². The van der Waals surface area contributed by atoms with Crippen LogP contribution >= 0.6 is 0 Å². The van der Waals surface area contributed by atoms with E-state index in [1.54, 1.807) is 0 Å². The number of hydrogen-bond acceptors (Lipinski definition) is 4. The van der Waals surface area contributed by atoms with E-state index in [1.807, 2.05) is 5.12 Å². The lowest BCUT2D eigenvalue weighted by atomic mass is 10.2. The van der Waals surface area contributed by atoms with E-state index in [1.165, 1.54) is 0 Å². The normalized spacial score (nSPS) is 28.8. The van der Waals surface area contributed by atoms with E-state index in [-0.39, 0.29) is 0 Å². The average molecular weight is 144 g/mol. The topological polar surface area (TPSA) is 39.3 Å². The molecule has 1 unspecified atom stereocenters. The van der Waals surface area contributed by atoms with Crippen molar-refractivity contribution in [2.75, 3.05) is 13.1 Å². The Morgan fingerprint density at radius 1 is 1.50 bits per heavy atom. The zero-order valence-corrected chi connectivity index (χ0v) is 6.65. The minimum absolute atomic E-state index is 0.558. The van der Waals surface area contributed by atoms with E-state index in [2.05, 4.69) is 30.2 Å². The average Bonchev–Trinajstić information content (AvgIpc) is 2.05. The maximum Gasteiger partial charge on any atom is 0.0363 e. The molecule has 0 spiro atoms. The monoisotopic (exact) mass is 144 g/mol. The molecule has 0 aromatic carbocycles. The number of hydrogen-bond donors (Lipinski definition) is 3. The van der Waals surface area contributed by atoms with Gasteiger partial charge in [-0.05, 0) is 13.3 Å². The molecular formula is C6H16N4. The summed E-state index contributed by atoms with van der Waals surface area (Å²) in [7, 11) is 0. The molecule has 1 heterocycles. The highest BCUT2D eigenvalue weighted by Crippen LogP contribution is 1.91. The summed E-state index contributed by atoms with van der Waals surface area (Å²) in [6, 6.07) is 0.558. The van der Waals surface area contributed by atoms with Crippen LogP contribution in [0.5, 0.6) is 0 Å². The number of nitrogens with one attached hydrogen (secondary N) is 3. The largest absolute Gasteiger partial charge is 0.239 e. The van der Waals surface area contributed by atoms with Crippen molar-refractivity contribution in [3.8, 4) is 0 Å². The molecule has 4 heteroatoms. The van der Waals surface area contributed by atoms with Gasteiger partial charge in [-0.3, -0.25) is 0 Å². The maximum absolute atomic E-state index is 3.23. The van der Waals surface area contributed by atoms with Crippen LogP contribution in [0, 0.1) is 0 Å². The van der Waals surface area contributed by atoms with Gasteiger partial charge in [0.15, 0.2) is 0 Å². The van der Waals surface area contributed by atoms with Crippen LogP contribution in [0.25, 0.3) is 0 Å². The van der Waals surface area contributed by atoms with E-state index in [0.29, 0.717) is 6.04 Å². The molecular weight excluding hydrogens is 128 g/mol. The Hall–Kier alpha value is -0.160. The van der Waals surface area contributed by atoms with E-state index in [0.717, 1.165) is 19.5 Å². The highest BCUT2D eigenvalue weighted by Gasteiger charge is 2.13. The van der Waals surface area contributed by atoms with E-state index < -0.39 is 0 Å². The molecule has 1 saturated heterocycles. The van der Waals surface area contributed by atoms with Crippen LogP contribution in [-0.2, 0) is 0 Å². The summed E-state index contributed by atoms with van der Waals surface area (Å²) in [5, 5.41) is 1.94. The molecule has 4 nitrogen and oxygen atoms in total.